The Labute approximate surface area is 154 Å². The third-order valence-corrected chi connectivity index (χ3v) is 4.27. The van der Waals surface area contributed by atoms with Crippen LogP contribution in [0, 0.1) is 0 Å². The molecule has 25 heavy (non-hydrogen) atoms. The average Bonchev–Trinajstić information content (AvgIpc) is 3.16. The van der Waals surface area contributed by atoms with Crippen molar-refractivity contribution in [1.29, 1.82) is 0 Å². The molecule has 0 spiro atoms. The Morgan fingerprint density at radius 3 is 2.84 bits per heavy atom. The average molecular weight is 373 g/mol. The molecule has 0 bridgehead atoms. The second kappa shape index (κ2) is 7.96. The van der Waals surface area contributed by atoms with Crippen LogP contribution in [0.4, 0.5) is 0 Å². The number of carbonyl (C=O) groups is 1. The van der Waals surface area contributed by atoms with Gasteiger partial charge in [0.25, 0.3) is 0 Å². The van der Waals surface area contributed by atoms with Crippen molar-refractivity contribution in [3.63, 3.8) is 0 Å². The zero-order chi connectivity index (χ0) is 17.6. The van der Waals surface area contributed by atoms with Gasteiger partial charge in [0.15, 0.2) is 0 Å². The van der Waals surface area contributed by atoms with Crippen LogP contribution in [0.3, 0.4) is 0 Å². The number of nitrogens with zero attached hydrogens (tertiary/aromatic N) is 3. The molecule has 0 atom stereocenters. The zero-order valence-electron chi connectivity index (χ0n) is 13.1. The Hall–Kier alpha value is -2.63. The number of rotatable bonds is 5. The Bertz CT molecular complexity index is 890. The maximum atomic E-state index is 11.9. The van der Waals surface area contributed by atoms with E-state index in [1.807, 2.05) is 18.3 Å². The number of hydrogen-bond donors (Lipinski definition) is 1. The van der Waals surface area contributed by atoms with Crippen LogP contribution in [-0.4, -0.2) is 20.4 Å². The fourth-order valence-corrected chi connectivity index (χ4v) is 2.50. The van der Waals surface area contributed by atoms with Crippen LogP contribution in [-0.2, 0) is 11.3 Å². The minimum atomic E-state index is -0.227. The highest BCUT2D eigenvalue weighted by atomic mass is 35.5. The molecule has 2 heterocycles. The smallest absolute Gasteiger partial charge is 0.244 e. The normalized spacial score (nSPS) is 11.0. The van der Waals surface area contributed by atoms with Gasteiger partial charge in [0.05, 0.1) is 10.0 Å². The summed E-state index contributed by atoms with van der Waals surface area (Å²) in [6.45, 7) is 0.379. The molecule has 0 radical (unpaired) electrons. The van der Waals surface area contributed by atoms with Gasteiger partial charge >= 0.3 is 0 Å². The van der Waals surface area contributed by atoms with E-state index in [9.17, 15) is 4.79 Å². The topological polar surface area (TPSA) is 59.8 Å². The van der Waals surface area contributed by atoms with Crippen LogP contribution in [0.2, 0.25) is 10.0 Å². The van der Waals surface area contributed by atoms with E-state index in [0.717, 1.165) is 11.4 Å². The van der Waals surface area contributed by atoms with Crippen LogP contribution in [0.25, 0.3) is 11.9 Å². The van der Waals surface area contributed by atoms with Gasteiger partial charge in [-0.15, -0.1) is 0 Å². The van der Waals surface area contributed by atoms with E-state index < -0.39 is 0 Å². The van der Waals surface area contributed by atoms with E-state index in [0.29, 0.717) is 22.2 Å². The quantitative estimate of drug-likeness (QED) is 0.690. The molecule has 0 saturated carbocycles. The largest absolute Gasteiger partial charge is 0.348 e. The molecular formula is C18H14Cl2N4O. The van der Waals surface area contributed by atoms with Crippen molar-refractivity contribution < 1.29 is 4.79 Å². The summed E-state index contributed by atoms with van der Waals surface area (Å²) < 4.78 is 1.81. The SMILES string of the molecule is O=C(/C=C/c1cccc(Cl)c1Cl)NCc1ccc(-n2ccnc2)nc1. The van der Waals surface area contributed by atoms with E-state index in [1.165, 1.54) is 6.08 Å². The molecule has 0 aliphatic rings. The van der Waals surface area contributed by atoms with Gasteiger partial charge in [-0.1, -0.05) is 41.4 Å². The highest BCUT2D eigenvalue weighted by Gasteiger charge is 2.03. The van der Waals surface area contributed by atoms with Gasteiger partial charge in [-0.05, 0) is 29.3 Å². The first-order valence-corrected chi connectivity index (χ1v) is 8.22. The lowest BCUT2D eigenvalue weighted by molar-refractivity contribution is -0.116. The molecule has 0 saturated heterocycles. The van der Waals surface area contributed by atoms with Crippen molar-refractivity contribution in [3.8, 4) is 5.82 Å². The summed E-state index contributed by atoms with van der Waals surface area (Å²) in [7, 11) is 0. The lowest BCUT2D eigenvalue weighted by atomic mass is 10.2. The second-order valence-corrected chi connectivity index (χ2v) is 5.97. The predicted octanol–water partition coefficient (Wildman–Crippen LogP) is 3.90. The highest BCUT2D eigenvalue weighted by Crippen LogP contribution is 2.26. The number of benzene rings is 1. The van der Waals surface area contributed by atoms with Crippen molar-refractivity contribution in [2.24, 2.45) is 0 Å². The van der Waals surface area contributed by atoms with E-state index >= 15 is 0 Å². The van der Waals surface area contributed by atoms with Gasteiger partial charge in [0, 0.05) is 31.2 Å². The first kappa shape index (κ1) is 17.2. The second-order valence-electron chi connectivity index (χ2n) is 5.19. The number of nitrogens with one attached hydrogen (secondary N) is 1. The van der Waals surface area contributed by atoms with Gasteiger partial charge in [-0.25, -0.2) is 9.97 Å². The number of hydrogen-bond acceptors (Lipinski definition) is 3. The summed E-state index contributed by atoms with van der Waals surface area (Å²) in [5, 5.41) is 3.67. The first-order valence-electron chi connectivity index (χ1n) is 7.46. The van der Waals surface area contributed by atoms with E-state index in [4.69, 9.17) is 23.2 Å². The summed E-state index contributed by atoms with van der Waals surface area (Å²) in [6, 6.07) is 9.03. The van der Waals surface area contributed by atoms with Gasteiger partial charge in [-0.3, -0.25) is 9.36 Å². The summed E-state index contributed by atoms with van der Waals surface area (Å²) in [4.78, 5) is 20.2. The summed E-state index contributed by atoms with van der Waals surface area (Å²) in [6.07, 6.45) is 9.95. The minimum absolute atomic E-state index is 0.227. The van der Waals surface area contributed by atoms with Crippen molar-refractivity contribution in [1.82, 2.24) is 19.9 Å². The maximum absolute atomic E-state index is 11.9. The third kappa shape index (κ3) is 4.47. The molecule has 0 unspecified atom stereocenters. The highest BCUT2D eigenvalue weighted by molar-refractivity contribution is 6.42. The summed E-state index contributed by atoms with van der Waals surface area (Å²) in [5.41, 5.74) is 1.59. The van der Waals surface area contributed by atoms with Crippen molar-refractivity contribution in [3.05, 3.63) is 82.5 Å². The molecule has 3 aromatic rings. The number of aromatic nitrogens is 3. The molecule has 3 rings (SSSR count). The molecular weight excluding hydrogens is 359 g/mol. The summed E-state index contributed by atoms with van der Waals surface area (Å²) >= 11 is 12.0. The number of carbonyl (C=O) groups excluding carboxylic acids is 1. The molecule has 1 amide bonds. The Morgan fingerprint density at radius 2 is 2.12 bits per heavy atom. The molecule has 0 aliphatic heterocycles. The molecule has 5 nitrogen and oxygen atoms in total. The molecule has 0 fully saturated rings. The van der Waals surface area contributed by atoms with Gasteiger partial charge in [0.2, 0.25) is 5.91 Å². The predicted molar refractivity (Wildman–Crippen MR) is 98.7 cm³/mol. The van der Waals surface area contributed by atoms with Crippen molar-refractivity contribution >= 4 is 35.2 Å². The standard InChI is InChI=1S/C18H14Cl2N4O/c19-15-3-1-2-14(18(15)20)5-7-17(25)23-11-13-4-6-16(22-10-13)24-9-8-21-12-24/h1-10,12H,11H2,(H,23,25)/b7-5+. The molecule has 7 heteroatoms. The van der Waals surface area contributed by atoms with Crippen molar-refractivity contribution in [2.75, 3.05) is 0 Å². The van der Waals surface area contributed by atoms with Crippen molar-refractivity contribution in [2.45, 2.75) is 6.54 Å². The monoisotopic (exact) mass is 372 g/mol. The van der Waals surface area contributed by atoms with Crippen LogP contribution in [0.15, 0.2) is 61.3 Å². The number of amides is 1. The molecule has 1 aromatic carbocycles. The lowest BCUT2D eigenvalue weighted by Crippen LogP contribution is -2.20. The summed E-state index contributed by atoms with van der Waals surface area (Å²) in [5.74, 6) is 0.540. The van der Waals surface area contributed by atoms with Crippen LogP contribution in [0.1, 0.15) is 11.1 Å². The lowest BCUT2D eigenvalue weighted by Gasteiger charge is -2.05. The van der Waals surface area contributed by atoms with E-state index in [1.54, 1.807) is 47.6 Å². The number of pyridine rings is 1. The van der Waals surface area contributed by atoms with Gasteiger partial charge < -0.3 is 5.32 Å². The van der Waals surface area contributed by atoms with E-state index in [-0.39, 0.29) is 5.91 Å². The fourth-order valence-electron chi connectivity index (χ4n) is 2.13. The first-order chi connectivity index (χ1) is 12.1. The van der Waals surface area contributed by atoms with Crippen LogP contribution in [0.5, 0.6) is 0 Å². The fraction of sp³-hybridized carbons (Fsp3) is 0.0556. The Kier molecular flexibility index (Phi) is 5.48. The Balaban J connectivity index is 1.57. The third-order valence-electron chi connectivity index (χ3n) is 3.44. The van der Waals surface area contributed by atoms with E-state index in [2.05, 4.69) is 15.3 Å². The maximum Gasteiger partial charge on any atom is 0.244 e. The molecule has 1 N–H and O–H groups in total. The number of halogens is 2. The molecule has 2 aromatic heterocycles. The van der Waals surface area contributed by atoms with Crippen LogP contribution >= 0.6 is 23.2 Å². The molecule has 0 aliphatic carbocycles. The zero-order valence-corrected chi connectivity index (χ0v) is 14.6. The Morgan fingerprint density at radius 1 is 1.24 bits per heavy atom. The van der Waals surface area contributed by atoms with Gasteiger partial charge in [-0.2, -0.15) is 0 Å². The van der Waals surface area contributed by atoms with Gasteiger partial charge in [0.1, 0.15) is 12.1 Å². The minimum Gasteiger partial charge on any atom is -0.348 e. The molecule has 126 valence electrons. The van der Waals surface area contributed by atoms with Crippen LogP contribution < -0.4 is 5.32 Å². The number of imidazole rings is 1.